The normalized spacial score (nSPS) is 13.0. The first-order valence-electron chi connectivity index (χ1n) is 29.4. The van der Waals surface area contributed by atoms with Gasteiger partial charge >= 0.3 is 0 Å². The van der Waals surface area contributed by atoms with Gasteiger partial charge in [0.2, 0.25) is 0 Å². The fourth-order valence-corrected chi connectivity index (χ4v) is 13.7. The zero-order valence-electron chi connectivity index (χ0n) is 48.1. The van der Waals surface area contributed by atoms with Gasteiger partial charge in [0.1, 0.15) is 10.4 Å². The number of hydrogen-bond acceptors (Lipinski definition) is 3. The fraction of sp³-hybridized carbons (Fsp3) is 0.0864. The van der Waals surface area contributed by atoms with Crippen molar-refractivity contribution >= 4 is 76.5 Å². The lowest BCUT2D eigenvalue weighted by Crippen LogP contribution is -2.17. The Kier molecular flexibility index (Phi) is 13.9. The van der Waals surface area contributed by atoms with Crippen LogP contribution in [-0.4, -0.2) is 9.97 Å². The number of rotatable bonds is 7. The summed E-state index contributed by atoms with van der Waals surface area (Å²) in [4.78, 5) is 12.2. The summed E-state index contributed by atoms with van der Waals surface area (Å²) < 4.78 is 0.914. The van der Waals surface area contributed by atoms with Gasteiger partial charge in [0.15, 0.2) is 0 Å². The number of hydrogen-bond donors (Lipinski definition) is 0. The van der Waals surface area contributed by atoms with Gasteiger partial charge in [-0.25, -0.2) is 9.97 Å². The second kappa shape index (κ2) is 22.1. The zero-order valence-corrected chi connectivity index (χ0v) is 49.7. The molecular formula is C81H62BrN3. The molecule has 0 saturated carbocycles. The highest BCUT2D eigenvalue weighted by atomic mass is 79.9. The number of anilines is 3. The Morgan fingerprint density at radius 1 is 0.306 bits per heavy atom. The topological polar surface area (TPSA) is 29.0 Å². The molecule has 14 aromatic rings. The van der Waals surface area contributed by atoms with Crippen LogP contribution in [0.15, 0.2) is 296 Å². The van der Waals surface area contributed by atoms with Gasteiger partial charge in [-0.05, 0) is 147 Å². The van der Waals surface area contributed by atoms with E-state index < -0.39 is 0 Å². The van der Waals surface area contributed by atoms with E-state index in [2.05, 4.69) is 320 Å². The molecule has 0 aliphatic heterocycles. The largest absolute Gasteiger partial charge is 0.295 e. The van der Waals surface area contributed by atoms with Crippen LogP contribution in [0.4, 0.5) is 17.2 Å². The van der Waals surface area contributed by atoms with Crippen molar-refractivity contribution in [2.45, 2.75) is 44.9 Å². The molecular weight excluding hydrogens is 1090 g/mol. The van der Waals surface area contributed by atoms with Crippen LogP contribution in [0, 0.1) is 0 Å². The fourth-order valence-electron chi connectivity index (χ4n) is 13.1. The lowest BCUT2D eigenvalue weighted by Gasteiger charge is -2.28. The van der Waals surface area contributed by atoms with Crippen LogP contribution in [0.2, 0.25) is 0 Å². The molecule has 2 heterocycles. The summed E-state index contributed by atoms with van der Waals surface area (Å²) in [6.45, 7) is 9.36. The molecule has 3 nitrogen and oxygen atoms in total. The van der Waals surface area contributed by atoms with E-state index in [0.717, 1.165) is 50.0 Å². The first-order valence-corrected chi connectivity index (χ1v) is 30.2. The zero-order chi connectivity index (χ0) is 57.7. The Morgan fingerprint density at radius 2 is 0.694 bits per heavy atom. The van der Waals surface area contributed by atoms with Crippen LogP contribution >= 0.6 is 15.9 Å². The van der Waals surface area contributed by atoms with Crippen molar-refractivity contribution in [1.82, 2.24) is 9.97 Å². The minimum Gasteiger partial charge on any atom is -0.295 e. The van der Waals surface area contributed by atoms with Gasteiger partial charge < -0.3 is 0 Å². The second-order valence-electron chi connectivity index (χ2n) is 23.4. The number of aromatic nitrogens is 2. The SMILES string of the molecule is Brc1nc2ccccc2c2ccccc12.CC1(C)c2ccccc2-c2ccc(Cc3ccc(-c4ccccc4)cc3)cc21.CC1(C)c2ccccc2-c2ccc(N(c3ccc(-c4ccccc4)cc3)c3nc4ccccc4c4ccccc34)cc21. The van der Waals surface area contributed by atoms with Crippen molar-refractivity contribution < 1.29 is 0 Å². The minimum atomic E-state index is -0.0936. The van der Waals surface area contributed by atoms with Crippen molar-refractivity contribution in [3.63, 3.8) is 0 Å². The molecule has 85 heavy (non-hydrogen) atoms. The van der Waals surface area contributed by atoms with Crippen LogP contribution in [0.5, 0.6) is 0 Å². The number of halogens is 1. The standard InChI is InChI=1S/C40H30N2.C28H24.C13H8BrN/c1-40(2)36-18-10-8-15-32(36)33-25-24-30(26-37(33)40)42(29-22-20-28(21-23-29)27-12-4-3-5-13-27)39-35-17-7-6-14-31(35)34-16-9-11-19-38(34)41-39;1-28(2)26-11-7-6-10-24(26)25-17-14-21(19-27(25)28)18-20-12-15-23(16-13-20)22-8-4-3-5-9-22;14-13-11-7-2-1-5-9(11)10-6-3-4-8-12(10)15-13/h3-26H,1-2H3;3-17,19H,18H2,1-2H3;1-8H. The maximum Gasteiger partial charge on any atom is 0.146 e. The van der Waals surface area contributed by atoms with Crippen LogP contribution in [0.1, 0.15) is 61.1 Å². The summed E-state index contributed by atoms with van der Waals surface area (Å²) >= 11 is 3.51. The van der Waals surface area contributed by atoms with Gasteiger partial charge in [-0.2, -0.15) is 0 Å². The predicted octanol–water partition coefficient (Wildman–Crippen LogP) is 22.2. The molecule has 0 fully saturated rings. The summed E-state index contributed by atoms with van der Waals surface area (Å²) in [7, 11) is 0. The molecule has 4 heteroatoms. The molecule has 0 unspecified atom stereocenters. The Hall–Kier alpha value is -9.74. The molecule has 0 amide bonds. The lowest BCUT2D eigenvalue weighted by atomic mass is 9.81. The highest BCUT2D eigenvalue weighted by Gasteiger charge is 2.37. The van der Waals surface area contributed by atoms with Gasteiger partial charge in [0.25, 0.3) is 0 Å². The van der Waals surface area contributed by atoms with Crippen molar-refractivity contribution in [2.24, 2.45) is 0 Å². The van der Waals surface area contributed by atoms with E-state index in [9.17, 15) is 0 Å². The van der Waals surface area contributed by atoms with Gasteiger partial charge in [0, 0.05) is 43.7 Å². The molecule has 408 valence electrons. The molecule has 0 N–H and O–H groups in total. The first-order chi connectivity index (χ1) is 41.6. The molecule has 12 aromatic carbocycles. The van der Waals surface area contributed by atoms with E-state index in [-0.39, 0.29) is 10.8 Å². The average molecular weight is 1160 g/mol. The minimum absolute atomic E-state index is 0.0686. The molecule has 0 spiro atoms. The summed E-state index contributed by atoms with van der Waals surface area (Å²) in [5.41, 5.74) is 22.9. The van der Waals surface area contributed by atoms with E-state index in [1.807, 2.05) is 24.3 Å². The van der Waals surface area contributed by atoms with Gasteiger partial charge in [-0.1, -0.05) is 282 Å². The number of nitrogens with zero attached hydrogens (tertiary/aromatic N) is 3. The highest BCUT2D eigenvalue weighted by Crippen LogP contribution is 2.52. The Morgan fingerprint density at radius 3 is 1.27 bits per heavy atom. The van der Waals surface area contributed by atoms with Gasteiger partial charge in [-0.3, -0.25) is 4.90 Å². The maximum atomic E-state index is 5.33. The van der Waals surface area contributed by atoms with Crippen LogP contribution in [0.3, 0.4) is 0 Å². The van der Waals surface area contributed by atoms with E-state index in [4.69, 9.17) is 4.98 Å². The third-order valence-corrected chi connectivity index (χ3v) is 18.1. The summed E-state index contributed by atoms with van der Waals surface area (Å²) in [6.07, 6.45) is 0.967. The third kappa shape index (κ3) is 9.86. The molecule has 0 saturated heterocycles. The van der Waals surface area contributed by atoms with Crippen LogP contribution in [-0.2, 0) is 17.3 Å². The smallest absolute Gasteiger partial charge is 0.146 e. The Balaban J connectivity index is 0.000000127. The maximum absolute atomic E-state index is 5.33. The Labute approximate surface area is 506 Å². The van der Waals surface area contributed by atoms with Crippen LogP contribution in [0.25, 0.3) is 87.9 Å². The van der Waals surface area contributed by atoms with Gasteiger partial charge in [-0.15, -0.1) is 0 Å². The van der Waals surface area contributed by atoms with Crippen molar-refractivity contribution in [3.05, 3.63) is 329 Å². The van der Waals surface area contributed by atoms with E-state index in [1.54, 1.807) is 0 Å². The third-order valence-electron chi connectivity index (χ3n) is 17.5. The van der Waals surface area contributed by atoms with Gasteiger partial charge in [0.05, 0.1) is 11.0 Å². The molecule has 0 radical (unpaired) electrons. The number of fused-ring (bicyclic) bond motifs is 12. The average Bonchev–Trinajstić information content (AvgIpc) is 2.11. The van der Waals surface area contributed by atoms with Crippen LogP contribution < -0.4 is 4.90 Å². The summed E-state index contributed by atoms with van der Waals surface area (Å²) in [6, 6.07) is 104. The van der Waals surface area contributed by atoms with Crippen molar-refractivity contribution in [1.29, 1.82) is 0 Å². The molecule has 2 aromatic heterocycles. The molecule has 0 bridgehead atoms. The predicted molar refractivity (Wildman–Crippen MR) is 363 cm³/mol. The van der Waals surface area contributed by atoms with Crippen molar-refractivity contribution in [2.75, 3.05) is 4.90 Å². The van der Waals surface area contributed by atoms with Crippen molar-refractivity contribution in [3.8, 4) is 44.5 Å². The summed E-state index contributed by atoms with van der Waals surface area (Å²) in [5, 5.41) is 7.12. The lowest BCUT2D eigenvalue weighted by molar-refractivity contribution is 0.659. The summed E-state index contributed by atoms with van der Waals surface area (Å²) in [5.74, 6) is 0.935. The van der Waals surface area contributed by atoms with E-state index in [0.29, 0.717) is 0 Å². The first kappa shape index (κ1) is 53.3. The Bertz CT molecular complexity index is 4800. The molecule has 2 aliphatic rings. The molecule has 0 atom stereocenters. The highest BCUT2D eigenvalue weighted by molar-refractivity contribution is 9.10. The van der Waals surface area contributed by atoms with E-state index in [1.165, 1.54) is 99.4 Å². The number of para-hydroxylation sites is 2. The quantitative estimate of drug-likeness (QED) is 0.118. The van der Waals surface area contributed by atoms with E-state index >= 15 is 0 Å². The second-order valence-corrected chi connectivity index (χ2v) is 24.2. The molecule has 2 aliphatic carbocycles. The molecule has 16 rings (SSSR count). The monoisotopic (exact) mass is 1160 g/mol. The number of pyridine rings is 2. The number of benzene rings is 12.